The molecule has 12 heteroatoms. The molecule has 4 heterocycles. The summed E-state index contributed by atoms with van der Waals surface area (Å²) in [6.45, 7) is 2.72. The molecule has 2 N–H and O–H groups in total. The minimum absolute atomic E-state index is 0.00653. The van der Waals surface area contributed by atoms with E-state index in [1.54, 1.807) is 27.4 Å². The molecule has 2 aromatic rings. The molecule has 0 radical (unpaired) electrons. The van der Waals surface area contributed by atoms with E-state index >= 15 is 0 Å². The number of sulfonamides is 1. The maximum atomic E-state index is 12.9. The van der Waals surface area contributed by atoms with Gasteiger partial charge >= 0.3 is 0 Å². The Bertz CT molecular complexity index is 1340. The molecule has 1 aromatic carbocycles. The first-order chi connectivity index (χ1) is 18.2. The monoisotopic (exact) mass is 561 g/mol. The number of carbonyl (C=O) groups is 1. The summed E-state index contributed by atoms with van der Waals surface area (Å²) in [4.78, 5) is 23.1. The minimum atomic E-state index is -3.20. The lowest BCUT2D eigenvalue weighted by Gasteiger charge is -2.37. The van der Waals surface area contributed by atoms with Crippen molar-refractivity contribution < 1.29 is 23.1 Å². The van der Waals surface area contributed by atoms with Crippen molar-refractivity contribution in [3.8, 4) is 5.88 Å². The number of ether oxygens (including phenoxy) is 1. The minimum Gasteiger partial charge on any atom is -0.474 e. The number of benzene rings is 1. The number of halogens is 1. The molecule has 4 fully saturated rings. The second-order valence-electron chi connectivity index (χ2n) is 10.8. The van der Waals surface area contributed by atoms with Gasteiger partial charge in [0, 0.05) is 43.6 Å². The van der Waals surface area contributed by atoms with Crippen LogP contribution >= 0.6 is 11.6 Å². The number of hydrogen-bond donors (Lipinski definition) is 2. The van der Waals surface area contributed by atoms with E-state index in [1.165, 1.54) is 6.33 Å². The molecule has 1 aliphatic carbocycles. The predicted octanol–water partition coefficient (Wildman–Crippen LogP) is 3.26. The molecular formula is C26H32ClN5O5S. The Kier molecular flexibility index (Phi) is 6.74. The van der Waals surface area contributed by atoms with Gasteiger partial charge in [-0.3, -0.25) is 4.79 Å². The molecular weight excluding hydrogens is 530 g/mol. The number of rotatable bonds is 7. The summed E-state index contributed by atoms with van der Waals surface area (Å²) in [6.07, 6.45) is 6.03. The second kappa shape index (κ2) is 9.93. The average Bonchev–Trinajstić information content (AvgIpc) is 3.61. The van der Waals surface area contributed by atoms with Crippen molar-refractivity contribution in [2.75, 3.05) is 18.4 Å². The maximum Gasteiger partial charge on any atom is 0.253 e. The fourth-order valence-electron chi connectivity index (χ4n) is 5.96. The number of hydrogen-bond acceptors (Lipinski definition) is 8. The molecule has 4 aliphatic rings. The first-order valence-corrected chi connectivity index (χ1v) is 15.1. The van der Waals surface area contributed by atoms with E-state index in [1.807, 2.05) is 6.92 Å². The highest BCUT2D eigenvalue weighted by Gasteiger charge is 2.52. The Morgan fingerprint density at radius 2 is 1.87 bits per heavy atom. The predicted molar refractivity (Wildman–Crippen MR) is 142 cm³/mol. The molecule has 3 atom stereocenters. The average molecular weight is 562 g/mol. The number of β-amino-alcohol motifs (C(OH)–C–C–N with tert-alkyl or cyclic N) is 1. The van der Waals surface area contributed by atoms with Crippen LogP contribution in [0.15, 0.2) is 24.5 Å². The zero-order chi connectivity index (χ0) is 26.6. The van der Waals surface area contributed by atoms with Crippen LogP contribution in [0, 0.1) is 6.92 Å². The number of nitrogens with one attached hydrogen (secondary N) is 1. The highest BCUT2D eigenvalue weighted by molar-refractivity contribution is 7.90. The Labute approximate surface area is 227 Å². The van der Waals surface area contributed by atoms with Crippen molar-refractivity contribution >= 4 is 39.0 Å². The van der Waals surface area contributed by atoms with Gasteiger partial charge in [-0.1, -0.05) is 11.6 Å². The summed E-state index contributed by atoms with van der Waals surface area (Å²) in [5, 5.41) is 13.1. The van der Waals surface area contributed by atoms with E-state index in [0.29, 0.717) is 60.3 Å². The molecule has 1 aromatic heterocycles. The van der Waals surface area contributed by atoms with Crippen molar-refractivity contribution in [1.29, 1.82) is 0 Å². The lowest BCUT2D eigenvalue weighted by molar-refractivity contribution is 0.0765. The molecule has 2 bridgehead atoms. The maximum absolute atomic E-state index is 12.9. The van der Waals surface area contributed by atoms with Gasteiger partial charge in [-0.15, -0.1) is 0 Å². The molecule has 2 unspecified atom stereocenters. The molecule has 3 saturated heterocycles. The van der Waals surface area contributed by atoms with Crippen molar-refractivity contribution in [2.24, 2.45) is 0 Å². The van der Waals surface area contributed by atoms with Crippen molar-refractivity contribution in [3.05, 3.63) is 40.7 Å². The van der Waals surface area contributed by atoms with E-state index < -0.39 is 16.1 Å². The molecule has 10 nitrogen and oxygen atoms in total. The highest BCUT2D eigenvalue weighted by Crippen LogP contribution is 2.44. The van der Waals surface area contributed by atoms with E-state index in [9.17, 15) is 18.3 Å². The zero-order valence-corrected chi connectivity index (χ0v) is 22.8. The van der Waals surface area contributed by atoms with Crippen LogP contribution in [-0.4, -0.2) is 81.2 Å². The van der Waals surface area contributed by atoms with Crippen LogP contribution in [0.4, 0.5) is 11.5 Å². The zero-order valence-electron chi connectivity index (χ0n) is 21.2. The van der Waals surface area contributed by atoms with Gasteiger partial charge in [0.1, 0.15) is 18.2 Å². The summed E-state index contributed by atoms with van der Waals surface area (Å²) < 4.78 is 33.9. The quantitative estimate of drug-likeness (QED) is 0.528. The Hall–Kier alpha value is -2.47. The smallest absolute Gasteiger partial charge is 0.253 e. The van der Waals surface area contributed by atoms with Crippen molar-refractivity contribution in [3.63, 3.8) is 0 Å². The van der Waals surface area contributed by atoms with Crippen LogP contribution in [0.3, 0.4) is 0 Å². The molecule has 6 rings (SSSR count). The number of carbonyl (C=O) groups excluding carboxylic acids is 1. The lowest BCUT2D eigenvalue weighted by atomic mass is 10.0. The normalized spacial score (nSPS) is 27.5. The van der Waals surface area contributed by atoms with Gasteiger partial charge in [0.15, 0.2) is 0 Å². The second-order valence-corrected chi connectivity index (χ2v) is 13.4. The van der Waals surface area contributed by atoms with Crippen LogP contribution in [0.5, 0.6) is 5.88 Å². The Balaban J connectivity index is 1.13. The number of aliphatic hydroxyl groups excluding tert-OH is 1. The van der Waals surface area contributed by atoms with E-state index in [2.05, 4.69) is 15.3 Å². The van der Waals surface area contributed by atoms with E-state index in [0.717, 1.165) is 31.2 Å². The number of fused-ring (bicyclic) bond motifs is 2. The molecule has 1 amide bonds. The van der Waals surface area contributed by atoms with Gasteiger partial charge in [0.2, 0.25) is 15.9 Å². The van der Waals surface area contributed by atoms with Crippen LogP contribution in [0.25, 0.3) is 0 Å². The van der Waals surface area contributed by atoms with Gasteiger partial charge in [-0.05, 0) is 57.2 Å². The first kappa shape index (κ1) is 25.8. The Morgan fingerprint density at radius 3 is 2.50 bits per heavy atom. The summed E-state index contributed by atoms with van der Waals surface area (Å²) in [5.74, 6) is 0.838. The molecule has 38 heavy (non-hydrogen) atoms. The van der Waals surface area contributed by atoms with Gasteiger partial charge in [0.05, 0.1) is 27.6 Å². The molecule has 3 aliphatic heterocycles. The summed E-state index contributed by atoms with van der Waals surface area (Å²) in [6, 6.07) is 5.04. The summed E-state index contributed by atoms with van der Waals surface area (Å²) in [7, 11) is -3.20. The van der Waals surface area contributed by atoms with Crippen molar-refractivity contribution in [2.45, 2.75) is 81.4 Å². The third kappa shape index (κ3) is 4.85. The van der Waals surface area contributed by atoms with Crippen LogP contribution < -0.4 is 10.1 Å². The Morgan fingerprint density at radius 1 is 1.13 bits per heavy atom. The number of likely N-dealkylation sites (tertiary alicyclic amines) is 1. The number of piperidine rings is 1. The number of aliphatic hydroxyl groups is 1. The standard InChI is InChI=1S/C26H32ClN5O5S/c1-15-24(30-23-7-2-16(10-22(23)27)26(34)31-9-8-19(33)13-31)28-14-29-25(15)37-20-11-17-3-4-18(12-20)32(17)38(35,36)21-5-6-21/h2,7,10,14,17-21,33H,3-6,8-9,11-13H2,1H3,(H,28,29,30)/t17?,18?,19-,20?/m0/s1. The third-order valence-corrected chi connectivity index (χ3v) is 10.9. The largest absolute Gasteiger partial charge is 0.474 e. The van der Waals surface area contributed by atoms with E-state index in [-0.39, 0.29) is 29.3 Å². The van der Waals surface area contributed by atoms with Gasteiger partial charge in [0.25, 0.3) is 5.91 Å². The van der Waals surface area contributed by atoms with Gasteiger partial charge in [-0.25, -0.2) is 18.4 Å². The van der Waals surface area contributed by atoms with Crippen molar-refractivity contribution in [1.82, 2.24) is 19.2 Å². The molecule has 0 spiro atoms. The topological polar surface area (TPSA) is 125 Å². The number of aromatic nitrogens is 2. The number of nitrogens with zero attached hydrogens (tertiary/aromatic N) is 4. The summed E-state index contributed by atoms with van der Waals surface area (Å²) >= 11 is 6.51. The fraction of sp³-hybridized carbons (Fsp3) is 0.577. The highest BCUT2D eigenvalue weighted by atomic mass is 35.5. The van der Waals surface area contributed by atoms with Crippen LogP contribution in [-0.2, 0) is 10.0 Å². The fourth-order valence-corrected chi connectivity index (χ4v) is 8.47. The van der Waals surface area contributed by atoms with Gasteiger partial charge < -0.3 is 20.1 Å². The SMILES string of the molecule is Cc1c(Nc2ccc(C(=O)N3CC[C@H](O)C3)cc2Cl)ncnc1OC1CC2CCC(C1)N2S(=O)(=O)C1CC1. The molecule has 1 saturated carbocycles. The first-order valence-electron chi connectivity index (χ1n) is 13.2. The number of anilines is 2. The lowest BCUT2D eigenvalue weighted by Crippen LogP contribution is -2.50. The van der Waals surface area contributed by atoms with E-state index in [4.69, 9.17) is 16.3 Å². The van der Waals surface area contributed by atoms with Crippen LogP contribution in [0.1, 0.15) is 60.9 Å². The number of amides is 1. The van der Waals surface area contributed by atoms with Gasteiger partial charge in [-0.2, -0.15) is 4.31 Å². The summed E-state index contributed by atoms with van der Waals surface area (Å²) in [5.41, 5.74) is 1.77. The molecule has 204 valence electrons. The third-order valence-electron chi connectivity index (χ3n) is 8.10. The van der Waals surface area contributed by atoms with Crippen LogP contribution in [0.2, 0.25) is 5.02 Å².